The van der Waals surface area contributed by atoms with E-state index in [-0.39, 0.29) is 16.9 Å². The standard InChI is InChI=1S/C28H20N4O2/c29-16-24-15-22(10-11-27(24)33)28(34)31-30-17-23-6-3-7-26-25(23)12-13-32(26)18-19-8-9-20-4-1-2-5-21(20)14-19/h1-15,17,33H,18H2,(H,31,34)/b30-17+. The molecule has 0 saturated heterocycles. The number of fused-ring (bicyclic) bond motifs is 2. The number of phenolic OH excluding ortho intramolecular Hbond substituents is 1. The summed E-state index contributed by atoms with van der Waals surface area (Å²) in [6, 6.07) is 28.8. The lowest BCUT2D eigenvalue weighted by Gasteiger charge is -2.08. The average molecular weight is 444 g/mol. The molecule has 1 aromatic heterocycles. The van der Waals surface area contributed by atoms with E-state index in [9.17, 15) is 9.90 Å². The predicted octanol–water partition coefficient (Wildman–Crippen LogP) is 5.18. The Hall–Kier alpha value is -4.89. The Morgan fingerprint density at radius 3 is 2.71 bits per heavy atom. The molecule has 1 heterocycles. The Morgan fingerprint density at radius 1 is 1.00 bits per heavy atom. The maximum Gasteiger partial charge on any atom is 0.271 e. The molecule has 0 radical (unpaired) electrons. The summed E-state index contributed by atoms with van der Waals surface area (Å²) in [5, 5.41) is 26.2. The third kappa shape index (κ3) is 4.10. The molecule has 0 aliphatic rings. The molecular formula is C28H20N4O2. The molecule has 0 unspecified atom stereocenters. The zero-order valence-electron chi connectivity index (χ0n) is 18.1. The van der Waals surface area contributed by atoms with E-state index >= 15 is 0 Å². The number of carbonyl (C=O) groups is 1. The average Bonchev–Trinajstić information content (AvgIpc) is 3.27. The van der Waals surface area contributed by atoms with Gasteiger partial charge in [0, 0.05) is 34.8 Å². The summed E-state index contributed by atoms with van der Waals surface area (Å²) in [6.07, 6.45) is 3.65. The van der Waals surface area contributed by atoms with Gasteiger partial charge in [-0.15, -0.1) is 0 Å². The molecule has 0 aliphatic heterocycles. The first-order chi connectivity index (χ1) is 16.6. The van der Waals surface area contributed by atoms with Gasteiger partial charge in [-0.1, -0.05) is 48.5 Å². The van der Waals surface area contributed by atoms with Crippen molar-refractivity contribution in [1.82, 2.24) is 9.99 Å². The summed E-state index contributed by atoms with van der Waals surface area (Å²) in [6.45, 7) is 0.744. The minimum Gasteiger partial charge on any atom is -0.507 e. The van der Waals surface area contributed by atoms with Gasteiger partial charge in [-0.05, 0) is 52.7 Å². The molecule has 4 aromatic carbocycles. The maximum atomic E-state index is 12.4. The molecule has 0 bridgehead atoms. The number of nitrogens with zero attached hydrogens (tertiary/aromatic N) is 3. The second kappa shape index (κ2) is 8.93. The minimum absolute atomic E-state index is 0.0363. The van der Waals surface area contributed by atoms with Crippen LogP contribution in [0.4, 0.5) is 0 Å². The number of hydrogen-bond acceptors (Lipinski definition) is 4. The van der Waals surface area contributed by atoms with Gasteiger partial charge in [0.15, 0.2) is 0 Å². The molecule has 6 heteroatoms. The second-order valence-electron chi connectivity index (χ2n) is 7.95. The van der Waals surface area contributed by atoms with Crippen LogP contribution in [0.25, 0.3) is 21.7 Å². The van der Waals surface area contributed by atoms with Crippen molar-refractivity contribution in [3.63, 3.8) is 0 Å². The zero-order valence-corrected chi connectivity index (χ0v) is 18.1. The van der Waals surface area contributed by atoms with Crippen LogP contribution in [0.2, 0.25) is 0 Å². The van der Waals surface area contributed by atoms with Gasteiger partial charge in [0.25, 0.3) is 5.91 Å². The highest BCUT2D eigenvalue weighted by Gasteiger charge is 2.09. The lowest BCUT2D eigenvalue weighted by atomic mass is 10.1. The van der Waals surface area contributed by atoms with E-state index in [1.54, 1.807) is 6.21 Å². The van der Waals surface area contributed by atoms with Crippen LogP contribution < -0.4 is 5.43 Å². The SMILES string of the molecule is N#Cc1cc(C(=O)N/N=C/c2cccc3c2ccn3Cc2ccc3ccccc3c2)ccc1O. The van der Waals surface area contributed by atoms with Gasteiger partial charge in [-0.2, -0.15) is 10.4 Å². The van der Waals surface area contributed by atoms with Gasteiger partial charge in [0.05, 0.1) is 11.8 Å². The number of benzene rings is 4. The van der Waals surface area contributed by atoms with E-state index in [1.807, 2.05) is 36.4 Å². The number of hydrazone groups is 1. The molecular weight excluding hydrogens is 424 g/mol. The van der Waals surface area contributed by atoms with Crippen molar-refractivity contribution >= 4 is 33.8 Å². The van der Waals surface area contributed by atoms with Gasteiger partial charge in [-0.25, -0.2) is 5.43 Å². The predicted molar refractivity (Wildman–Crippen MR) is 133 cm³/mol. The zero-order chi connectivity index (χ0) is 23.5. The highest BCUT2D eigenvalue weighted by Crippen LogP contribution is 2.22. The first kappa shape index (κ1) is 21.0. The Kier molecular flexibility index (Phi) is 5.51. The van der Waals surface area contributed by atoms with Crippen molar-refractivity contribution in [2.75, 3.05) is 0 Å². The van der Waals surface area contributed by atoms with Gasteiger partial charge in [0.2, 0.25) is 0 Å². The minimum atomic E-state index is -0.464. The van der Waals surface area contributed by atoms with Gasteiger partial charge >= 0.3 is 0 Å². The Morgan fingerprint density at radius 2 is 1.85 bits per heavy atom. The van der Waals surface area contributed by atoms with E-state index in [0.29, 0.717) is 0 Å². The topological polar surface area (TPSA) is 90.4 Å². The van der Waals surface area contributed by atoms with E-state index in [2.05, 4.69) is 57.7 Å². The van der Waals surface area contributed by atoms with Crippen molar-refractivity contribution < 1.29 is 9.90 Å². The largest absolute Gasteiger partial charge is 0.507 e. The third-order valence-corrected chi connectivity index (χ3v) is 5.76. The fourth-order valence-corrected chi connectivity index (χ4v) is 4.02. The van der Waals surface area contributed by atoms with Crippen LogP contribution >= 0.6 is 0 Å². The van der Waals surface area contributed by atoms with E-state index in [4.69, 9.17) is 5.26 Å². The molecule has 34 heavy (non-hydrogen) atoms. The van der Waals surface area contributed by atoms with Crippen LogP contribution in [-0.4, -0.2) is 21.8 Å². The lowest BCUT2D eigenvalue weighted by molar-refractivity contribution is 0.0955. The van der Waals surface area contributed by atoms with Crippen molar-refractivity contribution in [1.29, 1.82) is 5.26 Å². The number of hydrogen-bond donors (Lipinski definition) is 2. The van der Waals surface area contributed by atoms with Gasteiger partial charge in [-0.3, -0.25) is 4.79 Å². The number of aromatic nitrogens is 1. The van der Waals surface area contributed by atoms with Crippen LogP contribution in [0, 0.1) is 11.3 Å². The highest BCUT2D eigenvalue weighted by molar-refractivity contribution is 6.00. The van der Waals surface area contributed by atoms with Crippen LogP contribution in [0.5, 0.6) is 5.75 Å². The summed E-state index contributed by atoms with van der Waals surface area (Å²) >= 11 is 0. The van der Waals surface area contributed by atoms with Crippen molar-refractivity contribution in [3.8, 4) is 11.8 Å². The quantitative estimate of drug-likeness (QED) is 0.289. The number of nitrogens with one attached hydrogen (secondary N) is 1. The first-order valence-electron chi connectivity index (χ1n) is 10.7. The molecule has 0 fully saturated rings. The summed E-state index contributed by atoms with van der Waals surface area (Å²) in [7, 11) is 0. The lowest BCUT2D eigenvalue weighted by Crippen LogP contribution is -2.17. The Bertz CT molecular complexity index is 1610. The second-order valence-corrected chi connectivity index (χ2v) is 7.95. The summed E-state index contributed by atoms with van der Waals surface area (Å²) < 4.78 is 2.19. The molecule has 6 nitrogen and oxygen atoms in total. The number of rotatable bonds is 5. The number of amides is 1. The summed E-state index contributed by atoms with van der Waals surface area (Å²) in [5.74, 6) is -0.628. The van der Waals surface area contributed by atoms with Gasteiger partial charge < -0.3 is 9.67 Å². The first-order valence-corrected chi connectivity index (χ1v) is 10.7. The maximum absolute atomic E-state index is 12.4. The third-order valence-electron chi connectivity index (χ3n) is 5.76. The van der Waals surface area contributed by atoms with E-state index in [0.717, 1.165) is 23.0 Å². The van der Waals surface area contributed by atoms with Crippen molar-refractivity contribution in [3.05, 3.63) is 113 Å². The van der Waals surface area contributed by atoms with Crippen molar-refractivity contribution in [2.45, 2.75) is 6.54 Å². The Labute approximate surface area is 196 Å². The fraction of sp³-hybridized carbons (Fsp3) is 0.0357. The van der Waals surface area contributed by atoms with Crippen LogP contribution in [0.3, 0.4) is 0 Å². The molecule has 1 amide bonds. The molecule has 0 aliphatic carbocycles. The fourth-order valence-electron chi connectivity index (χ4n) is 4.02. The molecule has 2 N–H and O–H groups in total. The van der Waals surface area contributed by atoms with Crippen LogP contribution in [0.1, 0.15) is 27.0 Å². The summed E-state index contributed by atoms with van der Waals surface area (Å²) in [4.78, 5) is 12.4. The molecule has 5 rings (SSSR count). The van der Waals surface area contributed by atoms with E-state index < -0.39 is 5.91 Å². The van der Waals surface area contributed by atoms with Crippen molar-refractivity contribution in [2.24, 2.45) is 5.10 Å². The monoisotopic (exact) mass is 444 g/mol. The number of carbonyl (C=O) groups excluding carboxylic acids is 1. The molecule has 164 valence electrons. The van der Waals surface area contributed by atoms with E-state index in [1.165, 1.54) is 34.5 Å². The molecule has 0 spiro atoms. The summed E-state index contributed by atoms with van der Waals surface area (Å²) in [5.41, 5.74) is 5.92. The Balaban J connectivity index is 1.35. The van der Waals surface area contributed by atoms with Crippen LogP contribution in [0.15, 0.2) is 96.2 Å². The molecule has 0 saturated carbocycles. The number of nitriles is 1. The van der Waals surface area contributed by atoms with Gasteiger partial charge in [0.1, 0.15) is 11.8 Å². The number of aromatic hydroxyl groups is 1. The highest BCUT2D eigenvalue weighted by atomic mass is 16.3. The van der Waals surface area contributed by atoms with Crippen LogP contribution in [-0.2, 0) is 6.54 Å². The smallest absolute Gasteiger partial charge is 0.271 e. The molecule has 5 aromatic rings. The normalized spacial score (nSPS) is 11.1. The number of phenols is 1. The molecule has 0 atom stereocenters.